The number of hydrogen-bond donors (Lipinski definition) is 7. The number of carboxylic acids is 6. The van der Waals surface area contributed by atoms with Gasteiger partial charge in [0.05, 0.1) is 12.8 Å². The minimum Gasteiger partial charge on any atom is -0.481 e. The number of carbonyl (C=O) groups excluding carboxylic acids is 1. The molecule has 0 aliphatic carbocycles. The molecule has 0 bridgehead atoms. The number of rotatable bonds is 8. The lowest BCUT2D eigenvalue weighted by Crippen LogP contribution is -2.42. The van der Waals surface area contributed by atoms with Gasteiger partial charge >= 0.3 is 29.8 Å². The third-order valence-corrected chi connectivity index (χ3v) is 1.84. The minimum atomic E-state index is -2.74. The Morgan fingerprint density at radius 2 is 1.00 bits per heavy atom. The van der Waals surface area contributed by atoms with Crippen LogP contribution in [0, 0.1) is 0 Å². The van der Waals surface area contributed by atoms with Crippen molar-refractivity contribution in [1.29, 1.82) is 0 Å². The monoisotopic (exact) mass is 384 g/mol. The van der Waals surface area contributed by atoms with E-state index in [9.17, 15) is 28.8 Å². The molecule has 0 amide bonds. The van der Waals surface area contributed by atoms with E-state index in [1.165, 1.54) is 0 Å². The van der Waals surface area contributed by atoms with Crippen LogP contribution in [0.1, 0.15) is 26.2 Å². The number of hydrogen-bond acceptors (Lipinski definition) is 8. The molecule has 0 aromatic carbocycles. The largest absolute Gasteiger partial charge is 0.481 e. The summed E-state index contributed by atoms with van der Waals surface area (Å²) >= 11 is 0. The van der Waals surface area contributed by atoms with Crippen LogP contribution in [0.3, 0.4) is 0 Å². The van der Waals surface area contributed by atoms with Gasteiger partial charge in [-0.1, -0.05) is 0 Å². The van der Waals surface area contributed by atoms with Crippen LogP contribution in [0.5, 0.6) is 0 Å². The van der Waals surface area contributed by atoms with Crippen molar-refractivity contribution in [2.45, 2.75) is 31.8 Å². The first-order valence-corrected chi connectivity index (χ1v) is 6.12. The maximum absolute atomic E-state index is 10.3. The summed E-state index contributed by atoms with van der Waals surface area (Å²) in [6.45, 7) is 1.08. The van der Waals surface area contributed by atoms with Gasteiger partial charge in [-0.05, 0) is 0 Å². The van der Waals surface area contributed by atoms with Crippen molar-refractivity contribution in [1.82, 2.24) is 0 Å². The van der Waals surface area contributed by atoms with Gasteiger partial charge in [-0.2, -0.15) is 0 Å². The summed E-state index contributed by atoms with van der Waals surface area (Å²) in [5.74, 6) is -10.3. The standard InChI is InChI=1S/C6H8O7.C4H4O5.C2H4O2/c7-3(8)1-6(13,5(11)12)2-4(9)10;5-2(4(8)9)1-3(6)7;1-2(3)4/h13H,1-2H2,(H,7,8)(H,9,10)(H,11,12);1H2,(H,6,7)(H,8,9);1H3,(H,3,4). The van der Waals surface area contributed by atoms with Crippen molar-refractivity contribution in [3.63, 3.8) is 0 Å². The second kappa shape index (κ2) is 12.8. The summed E-state index contributed by atoms with van der Waals surface area (Å²) < 4.78 is 0. The van der Waals surface area contributed by atoms with Crippen LogP contribution in [-0.2, 0) is 33.6 Å². The number of aliphatic hydroxyl groups is 1. The van der Waals surface area contributed by atoms with E-state index >= 15 is 0 Å². The second-order valence-electron chi connectivity index (χ2n) is 4.30. The average Bonchev–Trinajstić information content (AvgIpc) is 2.35. The SMILES string of the molecule is CC(=O)O.O=C(O)CC(=O)C(=O)O.O=C(O)CC(O)(CC(=O)O)C(=O)O. The minimum absolute atomic E-state index is 0.833. The normalized spacial score (nSPS) is 9.31. The summed E-state index contributed by atoms with van der Waals surface area (Å²) in [5, 5.41) is 56.9. The zero-order chi connectivity index (χ0) is 21.7. The van der Waals surface area contributed by atoms with E-state index in [-0.39, 0.29) is 0 Å². The Bertz CT molecular complexity index is 554. The fourth-order valence-electron chi connectivity index (χ4n) is 0.927. The second-order valence-corrected chi connectivity index (χ2v) is 4.30. The van der Waals surface area contributed by atoms with Crippen LogP contribution in [0.15, 0.2) is 0 Å². The smallest absolute Gasteiger partial charge is 0.372 e. The van der Waals surface area contributed by atoms with E-state index in [1.54, 1.807) is 0 Å². The number of carboxylic acid groups (broad SMARTS) is 6. The molecule has 0 heterocycles. The van der Waals surface area contributed by atoms with Crippen molar-refractivity contribution in [2.75, 3.05) is 0 Å². The third kappa shape index (κ3) is 18.5. The molecule has 0 aliphatic heterocycles. The Labute approximate surface area is 143 Å². The fraction of sp³-hybridized carbons (Fsp3) is 0.417. The van der Waals surface area contributed by atoms with Gasteiger partial charge in [0, 0.05) is 6.92 Å². The van der Waals surface area contributed by atoms with Gasteiger partial charge < -0.3 is 35.7 Å². The molecule has 148 valence electrons. The number of aliphatic carboxylic acids is 6. The molecule has 0 unspecified atom stereocenters. The third-order valence-electron chi connectivity index (χ3n) is 1.84. The van der Waals surface area contributed by atoms with E-state index in [0.29, 0.717) is 0 Å². The number of Topliss-reactive ketones (excluding diaryl/α,β-unsaturated/α-hetero) is 1. The molecule has 0 aliphatic rings. The Balaban J connectivity index is -0.000000352. The van der Waals surface area contributed by atoms with Gasteiger partial charge in [-0.15, -0.1) is 0 Å². The summed E-state index contributed by atoms with van der Waals surface area (Å²) in [4.78, 5) is 68.7. The molecule has 0 radical (unpaired) electrons. The van der Waals surface area contributed by atoms with Crippen molar-refractivity contribution in [2.24, 2.45) is 0 Å². The molecule has 14 heteroatoms. The molecule has 26 heavy (non-hydrogen) atoms. The maximum atomic E-state index is 10.3. The van der Waals surface area contributed by atoms with E-state index in [2.05, 4.69) is 0 Å². The Morgan fingerprint density at radius 1 is 0.692 bits per heavy atom. The van der Waals surface area contributed by atoms with E-state index in [1.807, 2.05) is 0 Å². The topological polar surface area (TPSA) is 261 Å². The fourth-order valence-corrected chi connectivity index (χ4v) is 0.927. The molecule has 0 fully saturated rings. The van der Waals surface area contributed by atoms with E-state index in [0.717, 1.165) is 6.92 Å². The Kier molecular flexibility index (Phi) is 13.5. The molecule has 0 atom stereocenters. The molecule has 14 nitrogen and oxygen atoms in total. The summed E-state index contributed by atoms with van der Waals surface area (Å²) in [6, 6.07) is 0. The van der Waals surface area contributed by atoms with Crippen molar-refractivity contribution in [3.8, 4) is 0 Å². The average molecular weight is 384 g/mol. The first-order valence-electron chi connectivity index (χ1n) is 6.12. The highest BCUT2D eigenvalue weighted by Crippen LogP contribution is 2.15. The maximum Gasteiger partial charge on any atom is 0.372 e. The highest BCUT2D eigenvalue weighted by molar-refractivity contribution is 6.35. The van der Waals surface area contributed by atoms with Crippen LogP contribution < -0.4 is 0 Å². The Morgan fingerprint density at radius 3 is 1.12 bits per heavy atom. The van der Waals surface area contributed by atoms with Crippen LogP contribution in [0.4, 0.5) is 0 Å². The van der Waals surface area contributed by atoms with Crippen LogP contribution in [0.2, 0.25) is 0 Å². The van der Waals surface area contributed by atoms with Gasteiger partial charge in [0.2, 0.25) is 0 Å². The quantitative estimate of drug-likeness (QED) is 0.175. The van der Waals surface area contributed by atoms with Gasteiger partial charge in [0.15, 0.2) is 5.60 Å². The van der Waals surface area contributed by atoms with Gasteiger partial charge in [-0.25, -0.2) is 9.59 Å². The predicted molar refractivity (Wildman–Crippen MR) is 75.3 cm³/mol. The van der Waals surface area contributed by atoms with Crippen LogP contribution >= 0.6 is 0 Å². The molecule has 0 aromatic heterocycles. The molecular weight excluding hydrogens is 368 g/mol. The number of ketones is 1. The van der Waals surface area contributed by atoms with Gasteiger partial charge in [0.25, 0.3) is 11.8 Å². The highest BCUT2D eigenvalue weighted by Gasteiger charge is 2.40. The summed E-state index contributed by atoms with van der Waals surface area (Å²) in [5.41, 5.74) is -2.74. The first kappa shape index (κ1) is 27.3. The van der Waals surface area contributed by atoms with Gasteiger partial charge in [-0.3, -0.25) is 24.0 Å². The van der Waals surface area contributed by atoms with Crippen molar-refractivity contribution >= 4 is 41.6 Å². The number of carbonyl (C=O) groups is 7. The predicted octanol–water partition coefficient (Wildman–Crippen LogP) is -2.04. The first-order chi connectivity index (χ1) is 11.5. The molecule has 7 N–H and O–H groups in total. The molecule has 0 spiro atoms. The molecule has 0 rings (SSSR count). The molecular formula is C12H16O14. The Hall–Kier alpha value is -3.55. The molecule has 0 aromatic rings. The lowest BCUT2D eigenvalue weighted by atomic mass is 9.96. The van der Waals surface area contributed by atoms with E-state index in [4.69, 9.17) is 40.5 Å². The van der Waals surface area contributed by atoms with E-state index < -0.39 is 66.5 Å². The van der Waals surface area contributed by atoms with Crippen molar-refractivity contribution in [3.05, 3.63) is 0 Å². The van der Waals surface area contributed by atoms with Gasteiger partial charge in [0.1, 0.15) is 6.42 Å². The zero-order valence-corrected chi connectivity index (χ0v) is 13.1. The lowest BCUT2D eigenvalue weighted by molar-refractivity contribution is -0.170. The van der Waals surface area contributed by atoms with Crippen molar-refractivity contribution < 1.29 is 69.3 Å². The zero-order valence-electron chi connectivity index (χ0n) is 13.1. The summed E-state index contributed by atoms with van der Waals surface area (Å²) in [7, 11) is 0. The van der Waals surface area contributed by atoms with Crippen LogP contribution in [-0.4, -0.2) is 82.9 Å². The van der Waals surface area contributed by atoms with Crippen LogP contribution in [0.25, 0.3) is 0 Å². The molecule has 0 saturated heterocycles. The molecule has 0 saturated carbocycles. The lowest BCUT2D eigenvalue weighted by Gasteiger charge is -2.18. The highest BCUT2D eigenvalue weighted by atomic mass is 16.4. The summed E-state index contributed by atoms with van der Waals surface area (Å²) in [6.07, 6.45) is -3.24.